The van der Waals surface area contributed by atoms with E-state index in [0.717, 1.165) is 38.5 Å². The fourth-order valence-corrected chi connectivity index (χ4v) is 3.25. The monoisotopic (exact) mass is 363 g/mol. The van der Waals surface area contributed by atoms with Gasteiger partial charge in [-0.2, -0.15) is 0 Å². The van der Waals surface area contributed by atoms with E-state index in [2.05, 4.69) is 17.2 Å². The second-order valence-electron chi connectivity index (χ2n) is 6.48. The van der Waals surface area contributed by atoms with Crippen molar-refractivity contribution in [2.75, 3.05) is 19.6 Å². The van der Waals surface area contributed by atoms with E-state index in [1.807, 2.05) is 4.90 Å². The van der Waals surface area contributed by atoms with Gasteiger partial charge >= 0.3 is 0 Å². The van der Waals surface area contributed by atoms with Gasteiger partial charge in [-0.3, -0.25) is 4.79 Å². The molecule has 26 heavy (non-hydrogen) atoms. The maximum Gasteiger partial charge on any atom is 0.223 e. The molecule has 140 valence electrons. The molecule has 1 unspecified atom stereocenters. The summed E-state index contributed by atoms with van der Waals surface area (Å²) in [7, 11) is 0. The molecule has 0 radical (unpaired) electrons. The molecule has 1 amide bonds. The molecule has 0 aliphatic carbocycles. The van der Waals surface area contributed by atoms with Gasteiger partial charge in [0, 0.05) is 38.0 Å². The van der Waals surface area contributed by atoms with Crippen molar-refractivity contribution in [1.82, 2.24) is 15.2 Å². The molecule has 7 heteroatoms. The van der Waals surface area contributed by atoms with Gasteiger partial charge < -0.3 is 14.6 Å². The van der Waals surface area contributed by atoms with E-state index in [-0.39, 0.29) is 23.3 Å². The number of rotatable bonds is 7. The molecule has 0 bridgehead atoms. The van der Waals surface area contributed by atoms with Gasteiger partial charge in [-0.05, 0) is 31.5 Å². The van der Waals surface area contributed by atoms with Crippen molar-refractivity contribution in [2.45, 2.75) is 38.6 Å². The number of carbonyl (C=O) groups is 1. The Bertz CT molecular complexity index is 757. The first kappa shape index (κ1) is 18.5. The summed E-state index contributed by atoms with van der Waals surface area (Å²) in [6, 6.07) is 3.54. The van der Waals surface area contributed by atoms with E-state index < -0.39 is 11.6 Å². The molecule has 3 rings (SSSR count). The number of halogens is 2. The lowest BCUT2D eigenvalue weighted by molar-refractivity contribution is -0.133. The van der Waals surface area contributed by atoms with Crippen molar-refractivity contribution in [3.05, 3.63) is 41.9 Å². The summed E-state index contributed by atoms with van der Waals surface area (Å²) >= 11 is 0. The third-order valence-electron chi connectivity index (χ3n) is 4.56. The zero-order valence-electron chi connectivity index (χ0n) is 14.8. The smallest absolute Gasteiger partial charge is 0.223 e. The highest BCUT2D eigenvalue weighted by molar-refractivity contribution is 5.76. The number of carbonyl (C=O) groups excluding carboxylic acids is 1. The molecule has 2 heterocycles. The molecule has 1 fully saturated rings. The number of nitrogens with zero attached hydrogens (tertiary/aromatic N) is 2. The van der Waals surface area contributed by atoms with Crippen LogP contribution in [-0.2, 0) is 11.2 Å². The Morgan fingerprint density at radius 3 is 2.96 bits per heavy atom. The molecule has 1 aliphatic rings. The van der Waals surface area contributed by atoms with Gasteiger partial charge in [-0.1, -0.05) is 6.92 Å². The minimum Gasteiger partial charge on any atom is -0.441 e. The summed E-state index contributed by atoms with van der Waals surface area (Å²) in [4.78, 5) is 18.6. The maximum atomic E-state index is 13.8. The Labute approximate surface area is 151 Å². The summed E-state index contributed by atoms with van der Waals surface area (Å²) in [5.41, 5.74) is 0.154. The quantitative estimate of drug-likeness (QED) is 0.821. The van der Waals surface area contributed by atoms with Crippen LogP contribution < -0.4 is 5.32 Å². The van der Waals surface area contributed by atoms with Gasteiger partial charge in [-0.15, -0.1) is 0 Å². The van der Waals surface area contributed by atoms with Crippen LogP contribution in [0.25, 0.3) is 11.3 Å². The lowest BCUT2D eigenvalue weighted by Gasteiger charge is -2.28. The third-order valence-corrected chi connectivity index (χ3v) is 4.56. The van der Waals surface area contributed by atoms with Crippen molar-refractivity contribution in [1.29, 1.82) is 0 Å². The minimum atomic E-state index is -0.702. The average Bonchev–Trinajstić information content (AvgIpc) is 3.29. The number of amides is 1. The molecular weight excluding hydrogens is 340 g/mol. The standard InChI is InChI=1S/C19H23F2N3O2/c1-2-9-24(14-7-8-22-11-14)19(25)6-5-18-23-12-17(26-18)15-4-3-13(20)10-16(15)21/h3-4,10,12,14,22H,2,5-9,11H2,1H3. The summed E-state index contributed by atoms with van der Waals surface area (Å²) in [5.74, 6) is -0.665. The average molecular weight is 363 g/mol. The molecule has 2 aromatic rings. The third kappa shape index (κ3) is 4.27. The van der Waals surface area contributed by atoms with Gasteiger partial charge in [0.15, 0.2) is 11.7 Å². The van der Waals surface area contributed by atoms with Crippen molar-refractivity contribution >= 4 is 5.91 Å². The van der Waals surface area contributed by atoms with Crippen LogP contribution in [0.5, 0.6) is 0 Å². The zero-order valence-corrected chi connectivity index (χ0v) is 14.8. The molecule has 5 nitrogen and oxygen atoms in total. The zero-order chi connectivity index (χ0) is 18.5. The normalized spacial score (nSPS) is 16.8. The van der Waals surface area contributed by atoms with Crippen LogP contribution in [-0.4, -0.2) is 41.5 Å². The van der Waals surface area contributed by atoms with Crippen LogP contribution in [0.3, 0.4) is 0 Å². The minimum absolute atomic E-state index is 0.0771. The van der Waals surface area contributed by atoms with Crippen LogP contribution in [0.15, 0.2) is 28.8 Å². The fourth-order valence-electron chi connectivity index (χ4n) is 3.25. The van der Waals surface area contributed by atoms with Gasteiger partial charge in [0.05, 0.1) is 11.8 Å². The Balaban J connectivity index is 1.62. The maximum absolute atomic E-state index is 13.8. The Kier molecular flexibility index (Phi) is 5.98. The number of hydrogen-bond acceptors (Lipinski definition) is 4. The lowest BCUT2D eigenvalue weighted by Crippen LogP contribution is -2.42. The number of benzene rings is 1. The van der Waals surface area contributed by atoms with Crippen molar-refractivity contribution in [2.24, 2.45) is 0 Å². The topological polar surface area (TPSA) is 58.4 Å². The first-order valence-corrected chi connectivity index (χ1v) is 8.98. The highest BCUT2D eigenvalue weighted by Crippen LogP contribution is 2.24. The number of oxazole rings is 1. The SMILES string of the molecule is CCCN(C(=O)CCc1ncc(-c2ccc(F)cc2F)o1)C1CCNC1. The molecule has 1 aromatic heterocycles. The molecule has 1 aromatic carbocycles. The number of hydrogen-bond donors (Lipinski definition) is 1. The predicted octanol–water partition coefficient (Wildman–Crippen LogP) is 3.15. The second kappa shape index (κ2) is 8.40. The molecule has 1 saturated heterocycles. The summed E-state index contributed by atoms with van der Waals surface area (Å²) in [6.07, 6.45) is 3.93. The van der Waals surface area contributed by atoms with E-state index in [1.54, 1.807) is 0 Å². The molecule has 1 aliphatic heterocycles. The second-order valence-corrected chi connectivity index (χ2v) is 6.48. The van der Waals surface area contributed by atoms with E-state index >= 15 is 0 Å². The van der Waals surface area contributed by atoms with Gasteiger partial charge in [-0.25, -0.2) is 13.8 Å². The number of aromatic nitrogens is 1. The lowest BCUT2D eigenvalue weighted by atomic mass is 10.1. The van der Waals surface area contributed by atoms with E-state index in [9.17, 15) is 13.6 Å². The Morgan fingerprint density at radius 2 is 2.27 bits per heavy atom. The molecule has 0 saturated carbocycles. The molecule has 1 atom stereocenters. The Morgan fingerprint density at radius 1 is 1.42 bits per heavy atom. The predicted molar refractivity (Wildman–Crippen MR) is 93.5 cm³/mol. The molecular formula is C19H23F2N3O2. The van der Waals surface area contributed by atoms with Gasteiger partial charge in [0.1, 0.15) is 11.6 Å². The highest BCUT2D eigenvalue weighted by Gasteiger charge is 2.25. The first-order chi connectivity index (χ1) is 12.6. The van der Waals surface area contributed by atoms with Crippen LogP contribution in [0.1, 0.15) is 32.1 Å². The van der Waals surface area contributed by atoms with Gasteiger partial charge in [0.2, 0.25) is 5.91 Å². The van der Waals surface area contributed by atoms with Gasteiger partial charge in [0.25, 0.3) is 0 Å². The molecule has 1 N–H and O–H groups in total. The number of aryl methyl sites for hydroxylation is 1. The number of nitrogens with one attached hydrogen (secondary N) is 1. The van der Waals surface area contributed by atoms with Crippen LogP contribution in [0, 0.1) is 11.6 Å². The first-order valence-electron chi connectivity index (χ1n) is 8.98. The van der Waals surface area contributed by atoms with Crippen LogP contribution in [0.2, 0.25) is 0 Å². The molecule has 0 spiro atoms. The van der Waals surface area contributed by atoms with E-state index in [0.29, 0.717) is 18.7 Å². The summed E-state index contributed by atoms with van der Waals surface area (Å²) in [6.45, 7) is 4.56. The van der Waals surface area contributed by atoms with Crippen molar-refractivity contribution in [3.63, 3.8) is 0 Å². The van der Waals surface area contributed by atoms with E-state index in [4.69, 9.17) is 4.42 Å². The summed E-state index contributed by atoms with van der Waals surface area (Å²) in [5, 5.41) is 3.28. The van der Waals surface area contributed by atoms with Crippen molar-refractivity contribution < 1.29 is 18.0 Å². The van der Waals surface area contributed by atoms with Crippen molar-refractivity contribution in [3.8, 4) is 11.3 Å². The fraction of sp³-hybridized carbons (Fsp3) is 0.474. The largest absolute Gasteiger partial charge is 0.441 e. The van der Waals surface area contributed by atoms with Crippen LogP contribution >= 0.6 is 0 Å². The highest BCUT2D eigenvalue weighted by atomic mass is 19.1. The van der Waals surface area contributed by atoms with E-state index in [1.165, 1.54) is 18.3 Å². The van der Waals surface area contributed by atoms with Crippen LogP contribution in [0.4, 0.5) is 8.78 Å². The Hall–Kier alpha value is -2.28. The summed E-state index contributed by atoms with van der Waals surface area (Å²) < 4.78 is 32.4.